The molecule has 1 heterocycles. The van der Waals surface area contributed by atoms with Crippen molar-refractivity contribution >= 4 is 18.3 Å². The van der Waals surface area contributed by atoms with Crippen LogP contribution in [0.2, 0.25) is 0 Å². The number of carbonyl (C=O) groups is 1. The summed E-state index contributed by atoms with van der Waals surface area (Å²) in [5, 5.41) is 3.24. The first-order valence-corrected chi connectivity index (χ1v) is 8.86. The van der Waals surface area contributed by atoms with Crippen molar-refractivity contribution in [2.24, 2.45) is 0 Å². The van der Waals surface area contributed by atoms with Crippen LogP contribution in [-0.2, 0) is 14.9 Å². The van der Waals surface area contributed by atoms with Crippen molar-refractivity contribution in [1.82, 2.24) is 10.2 Å². The van der Waals surface area contributed by atoms with Crippen LogP contribution in [0.3, 0.4) is 0 Å². The topological polar surface area (TPSA) is 41.6 Å². The number of rotatable bonds is 5. The Balaban J connectivity index is 0.00000208. The minimum Gasteiger partial charge on any atom is -0.379 e. The van der Waals surface area contributed by atoms with Gasteiger partial charge in [-0.15, -0.1) is 12.4 Å². The van der Waals surface area contributed by atoms with E-state index in [0.717, 1.165) is 32.8 Å². The van der Waals surface area contributed by atoms with Gasteiger partial charge in [0.25, 0.3) is 0 Å². The van der Waals surface area contributed by atoms with Crippen molar-refractivity contribution in [3.63, 3.8) is 0 Å². The summed E-state index contributed by atoms with van der Waals surface area (Å²) in [5.74, 6) is 0.147. The molecule has 4 nitrogen and oxygen atoms in total. The molecule has 24 heavy (non-hydrogen) atoms. The van der Waals surface area contributed by atoms with E-state index in [1.165, 1.54) is 31.2 Å². The molecule has 1 aromatic rings. The summed E-state index contributed by atoms with van der Waals surface area (Å²) < 4.78 is 5.37. The van der Waals surface area contributed by atoms with Gasteiger partial charge in [0.15, 0.2) is 0 Å². The summed E-state index contributed by atoms with van der Waals surface area (Å²) in [4.78, 5) is 14.8. The van der Waals surface area contributed by atoms with Gasteiger partial charge in [0.1, 0.15) is 0 Å². The molecule has 2 aliphatic rings. The molecule has 1 atom stereocenters. The molecule has 3 rings (SSSR count). The van der Waals surface area contributed by atoms with E-state index in [-0.39, 0.29) is 29.8 Å². The Bertz CT molecular complexity index is 511. The fourth-order valence-electron chi connectivity index (χ4n) is 3.95. The maximum Gasteiger partial charge on any atom is 0.237 e. The minimum absolute atomic E-state index is 0. The number of hydrogen-bond donors (Lipinski definition) is 1. The summed E-state index contributed by atoms with van der Waals surface area (Å²) in [5.41, 5.74) is 1.50. The van der Waals surface area contributed by atoms with Crippen molar-refractivity contribution < 1.29 is 9.53 Å². The molecular formula is C19H29ClN2O2. The maximum absolute atomic E-state index is 12.6. The zero-order valence-corrected chi connectivity index (χ0v) is 15.3. The van der Waals surface area contributed by atoms with E-state index >= 15 is 0 Å². The fraction of sp³-hybridized carbons (Fsp3) is 0.632. The third kappa shape index (κ3) is 4.29. The van der Waals surface area contributed by atoms with Gasteiger partial charge in [0.05, 0.1) is 19.3 Å². The Labute approximate surface area is 151 Å². The number of hydrogen-bond acceptors (Lipinski definition) is 3. The van der Waals surface area contributed by atoms with Gasteiger partial charge in [-0.25, -0.2) is 0 Å². The normalized spacial score (nSPS) is 21.7. The first-order valence-electron chi connectivity index (χ1n) is 8.86. The van der Waals surface area contributed by atoms with Gasteiger partial charge in [-0.3, -0.25) is 9.69 Å². The minimum atomic E-state index is -0.0758. The van der Waals surface area contributed by atoms with Gasteiger partial charge in [0, 0.05) is 25.0 Å². The molecule has 0 aromatic heterocycles. The van der Waals surface area contributed by atoms with Crippen LogP contribution in [0.25, 0.3) is 0 Å². The van der Waals surface area contributed by atoms with E-state index < -0.39 is 0 Å². The second-order valence-corrected chi connectivity index (χ2v) is 6.90. The van der Waals surface area contributed by atoms with Crippen LogP contribution in [0.15, 0.2) is 30.3 Å². The highest BCUT2D eigenvalue weighted by molar-refractivity contribution is 5.85. The monoisotopic (exact) mass is 352 g/mol. The number of halogens is 1. The van der Waals surface area contributed by atoms with Gasteiger partial charge in [0.2, 0.25) is 5.91 Å². The summed E-state index contributed by atoms with van der Waals surface area (Å²) in [6.45, 7) is 5.91. The SMILES string of the molecule is CC(C(=O)NCC1(c2ccccc2)CCCC1)N1CCOCC1.Cl. The predicted molar refractivity (Wildman–Crippen MR) is 98.7 cm³/mol. The summed E-state index contributed by atoms with van der Waals surface area (Å²) in [7, 11) is 0. The van der Waals surface area contributed by atoms with Crippen LogP contribution >= 0.6 is 12.4 Å². The van der Waals surface area contributed by atoms with Crippen molar-refractivity contribution in [1.29, 1.82) is 0 Å². The molecule has 1 amide bonds. The predicted octanol–water partition coefficient (Wildman–Crippen LogP) is 2.76. The van der Waals surface area contributed by atoms with Crippen molar-refractivity contribution in [2.45, 2.75) is 44.1 Å². The number of morpholine rings is 1. The number of amides is 1. The molecule has 1 aliphatic heterocycles. The molecule has 1 aromatic carbocycles. The Hall–Kier alpha value is -1.10. The van der Waals surface area contributed by atoms with Crippen molar-refractivity contribution in [3.8, 4) is 0 Å². The van der Waals surface area contributed by atoms with Crippen LogP contribution in [-0.4, -0.2) is 49.7 Å². The molecular weight excluding hydrogens is 324 g/mol. The van der Waals surface area contributed by atoms with Crippen LogP contribution in [0.4, 0.5) is 0 Å². The molecule has 1 saturated heterocycles. The highest BCUT2D eigenvalue weighted by Gasteiger charge is 2.36. The molecule has 0 radical (unpaired) electrons. The molecule has 1 N–H and O–H groups in total. The van der Waals surface area contributed by atoms with Crippen LogP contribution in [0, 0.1) is 0 Å². The largest absolute Gasteiger partial charge is 0.379 e. The Morgan fingerprint density at radius 1 is 1.21 bits per heavy atom. The molecule has 1 aliphatic carbocycles. The average molecular weight is 353 g/mol. The van der Waals surface area contributed by atoms with Gasteiger partial charge in [-0.2, -0.15) is 0 Å². The first kappa shape index (κ1) is 19.2. The number of nitrogens with zero attached hydrogens (tertiary/aromatic N) is 1. The number of benzene rings is 1. The van der Waals surface area contributed by atoms with E-state index in [0.29, 0.717) is 0 Å². The molecule has 0 bridgehead atoms. The quantitative estimate of drug-likeness (QED) is 0.886. The zero-order valence-electron chi connectivity index (χ0n) is 14.5. The summed E-state index contributed by atoms with van der Waals surface area (Å²) in [6, 6.07) is 10.6. The van der Waals surface area contributed by atoms with E-state index in [9.17, 15) is 4.79 Å². The average Bonchev–Trinajstić information content (AvgIpc) is 3.11. The second-order valence-electron chi connectivity index (χ2n) is 6.90. The van der Waals surface area contributed by atoms with Gasteiger partial charge in [-0.1, -0.05) is 43.2 Å². The molecule has 134 valence electrons. The smallest absolute Gasteiger partial charge is 0.237 e. The first-order chi connectivity index (χ1) is 11.2. The van der Waals surface area contributed by atoms with Gasteiger partial charge >= 0.3 is 0 Å². The lowest BCUT2D eigenvalue weighted by Gasteiger charge is -2.34. The molecule has 0 spiro atoms. The molecule has 1 saturated carbocycles. The third-order valence-corrected chi connectivity index (χ3v) is 5.52. The number of carbonyl (C=O) groups excluding carboxylic acids is 1. The van der Waals surface area contributed by atoms with Crippen molar-refractivity contribution in [3.05, 3.63) is 35.9 Å². The second kappa shape index (κ2) is 8.84. The maximum atomic E-state index is 12.6. The van der Waals surface area contributed by atoms with Crippen molar-refractivity contribution in [2.75, 3.05) is 32.8 Å². The highest BCUT2D eigenvalue weighted by atomic mass is 35.5. The fourth-order valence-corrected chi connectivity index (χ4v) is 3.95. The number of ether oxygens (including phenoxy) is 1. The van der Waals surface area contributed by atoms with Crippen LogP contribution < -0.4 is 5.32 Å². The van der Waals surface area contributed by atoms with Gasteiger partial charge in [-0.05, 0) is 25.3 Å². The summed E-state index contributed by atoms with van der Waals surface area (Å²) in [6.07, 6.45) is 4.85. The van der Waals surface area contributed by atoms with Crippen LogP contribution in [0.5, 0.6) is 0 Å². The highest BCUT2D eigenvalue weighted by Crippen LogP contribution is 2.40. The van der Waals surface area contributed by atoms with Crippen LogP contribution in [0.1, 0.15) is 38.2 Å². The summed E-state index contributed by atoms with van der Waals surface area (Å²) >= 11 is 0. The Morgan fingerprint density at radius 3 is 2.46 bits per heavy atom. The lowest BCUT2D eigenvalue weighted by atomic mass is 9.79. The lowest BCUT2D eigenvalue weighted by Crippen LogP contribution is -2.51. The Morgan fingerprint density at radius 2 is 1.83 bits per heavy atom. The molecule has 2 fully saturated rings. The standard InChI is InChI=1S/C19H28N2O2.ClH/c1-16(21-11-13-23-14-12-21)18(22)20-15-19(9-5-6-10-19)17-7-3-2-4-8-17;/h2-4,7-8,16H,5-6,9-15H2,1H3,(H,20,22);1H. The number of nitrogens with one attached hydrogen (secondary N) is 1. The van der Waals surface area contributed by atoms with E-state index in [1.54, 1.807) is 0 Å². The zero-order chi connectivity index (χ0) is 16.1. The van der Waals surface area contributed by atoms with E-state index in [4.69, 9.17) is 4.74 Å². The molecule has 5 heteroatoms. The Kier molecular flexibility index (Phi) is 7.08. The third-order valence-electron chi connectivity index (χ3n) is 5.52. The lowest BCUT2D eigenvalue weighted by molar-refractivity contribution is -0.127. The van der Waals surface area contributed by atoms with E-state index in [1.807, 2.05) is 6.92 Å². The van der Waals surface area contributed by atoms with Gasteiger partial charge < -0.3 is 10.1 Å². The molecule has 1 unspecified atom stereocenters. The van der Waals surface area contributed by atoms with E-state index in [2.05, 4.69) is 40.5 Å².